The van der Waals surface area contributed by atoms with Gasteiger partial charge in [-0.1, -0.05) is 30.3 Å². The highest BCUT2D eigenvalue weighted by molar-refractivity contribution is 7.88. The maximum absolute atomic E-state index is 12.2. The standard InChI is InChI=1S/C18H22N4O3S/c1-22-15(7-9-17(22)16-8-10-18(23)21-20-16)11-12-19-26(24,25)13-14-5-3-2-4-6-14/h2-7,9,19H,8,10-13H2,1H3,(H,21,23). The van der Waals surface area contributed by atoms with Crippen LogP contribution in [0.25, 0.3) is 0 Å². The smallest absolute Gasteiger partial charge is 0.240 e. The number of benzene rings is 1. The van der Waals surface area contributed by atoms with E-state index in [0.717, 1.165) is 22.7 Å². The molecule has 1 amide bonds. The molecular formula is C18H22N4O3S. The molecule has 2 N–H and O–H groups in total. The molecule has 0 radical (unpaired) electrons. The SMILES string of the molecule is Cn1c(CCNS(=O)(=O)Cc2ccccc2)ccc1C1=NNC(=O)CC1. The van der Waals surface area contributed by atoms with Crippen molar-refractivity contribution in [3.63, 3.8) is 0 Å². The molecule has 1 aliphatic rings. The van der Waals surface area contributed by atoms with Crippen LogP contribution in [0.1, 0.15) is 29.8 Å². The maximum Gasteiger partial charge on any atom is 0.240 e. The molecule has 138 valence electrons. The molecule has 7 nitrogen and oxygen atoms in total. The first-order valence-electron chi connectivity index (χ1n) is 8.46. The minimum atomic E-state index is -3.37. The van der Waals surface area contributed by atoms with Crippen molar-refractivity contribution in [1.82, 2.24) is 14.7 Å². The zero-order valence-corrected chi connectivity index (χ0v) is 15.4. The van der Waals surface area contributed by atoms with Gasteiger partial charge in [0.2, 0.25) is 15.9 Å². The third kappa shape index (κ3) is 4.59. The van der Waals surface area contributed by atoms with Crippen LogP contribution in [0.4, 0.5) is 0 Å². The monoisotopic (exact) mass is 374 g/mol. The van der Waals surface area contributed by atoms with Crippen LogP contribution in [-0.2, 0) is 34.0 Å². The largest absolute Gasteiger partial charge is 0.347 e. The number of aromatic nitrogens is 1. The number of carbonyl (C=O) groups is 1. The molecule has 1 aromatic heterocycles. The second-order valence-corrected chi connectivity index (χ2v) is 8.06. The number of hydrogen-bond donors (Lipinski definition) is 2. The van der Waals surface area contributed by atoms with Gasteiger partial charge in [-0.3, -0.25) is 4.79 Å². The summed E-state index contributed by atoms with van der Waals surface area (Å²) < 4.78 is 29.0. The third-order valence-corrected chi connectivity index (χ3v) is 5.69. The van der Waals surface area contributed by atoms with Crippen molar-refractivity contribution in [3.8, 4) is 0 Å². The van der Waals surface area contributed by atoms with E-state index in [0.29, 0.717) is 25.8 Å². The summed E-state index contributed by atoms with van der Waals surface area (Å²) in [7, 11) is -1.45. The molecule has 0 saturated carbocycles. The van der Waals surface area contributed by atoms with Crippen molar-refractivity contribution in [2.75, 3.05) is 6.54 Å². The summed E-state index contributed by atoms with van der Waals surface area (Å²) in [5.41, 5.74) is 6.03. The van der Waals surface area contributed by atoms with Gasteiger partial charge in [0.05, 0.1) is 17.2 Å². The van der Waals surface area contributed by atoms with E-state index in [2.05, 4.69) is 15.2 Å². The summed E-state index contributed by atoms with van der Waals surface area (Å²) in [6.07, 6.45) is 1.61. The number of nitrogens with zero attached hydrogens (tertiary/aromatic N) is 2. The topological polar surface area (TPSA) is 92.6 Å². The van der Waals surface area contributed by atoms with E-state index in [1.54, 1.807) is 12.1 Å². The van der Waals surface area contributed by atoms with Gasteiger partial charge in [-0.2, -0.15) is 5.10 Å². The maximum atomic E-state index is 12.2. The van der Waals surface area contributed by atoms with Crippen molar-refractivity contribution in [2.24, 2.45) is 12.1 Å². The average molecular weight is 374 g/mol. The molecule has 26 heavy (non-hydrogen) atoms. The van der Waals surface area contributed by atoms with Crippen molar-refractivity contribution in [2.45, 2.75) is 25.0 Å². The highest BCUT2D eigenvalue weighted by Gasteiger charge is 2.17. The average Bonchev–Trinajstić information content (AvgIpc) is 2.97. The van der Waals surface area contributed by atoms with E-state index in [4.69, 9.17) is 0 Å². The molecule has 8 heteroatoms. The Morgan fingerprint density at radius 2 is 1.92 bits per heavy atom. The first-order chi connectivity index (χ1) is 12.4. The van der Waals surface area contributed by atoms with Crippen LogP contribution in [-0.4, -0.2) is 31.1 Å². The van der Waals surface area contributed by atoms with Gasteiger partial charge in [0.25, 0.3) is 0 Å². The predicted octanol–water partition coefficient (Wildman–Crippen LogP) is 1.30. The molecule has 1 aromatic carbocycles. The molecular weight excluding hydrogens is 352 g/mol. The Morgan fingerprint density at radius 3 is 2.62 bits per heavy atom. The van der Waals surface area contributed by atoms with Gasteiger partial charge in [-0.05, 0) is 17.7 Å². The highest BCUT2D eigenvalue weighted by atomic mass is 32.2. The van der Waals surface area contributed by atoms with Crippen LogP contribution in [0.3, 0.4) is 0 Å². The van der Waals surface area contributed by atoms with E-state index in [-0.39, 0.29) is 11.7 Å². The third-order valence-electron chi connectivity index (χ3n) is 4.33. The van der Waals surface area contributed by atoms with Crippen LogP contribution < -0.4 is 10.1 Å². The number of hydrazone groups is 1. The van der Waals surface area contributed by atoms with Crippen molar-refractivity contribution in [1.29, 1.82) is 0 Å². The lowest BCUT2D eigenvalue weighted by atomic mass is 10.1. The second kappa shape index (κ2) is 7.84. The molecule has 1 aliphatic heterocycles. The molecule has 2 aromatic rings. The van der Waals surface area contributed by atoms with Gasteiger partial charge in [-0.25, -0.2) is 18.6 Å². The highest BCUT2D eigenvalue weighted by Crippen LogP contribution is 2.14. The minimum Gasteiger partial charge on any atom is -0.347 e. The van der Waals surface area contributed by atoms with Crippen LogP contribution >= 0.6 is 0 Å². The van der Waals surface area contributed by atoms with Gasteiger partial charge < -0.3 is 4.57 Å². The lowest BCUT2D eigenvalue weighted by Gasteiger charge is -2.14. The van der Waals surface area contributed by atoms with E-state index in [9.17, 15) is 13.2 Å². The van der Waals surface area contributed by atoms with E-state index in [1.807, 2.05) is 41.9 Å². The summed E-state index contributed by atoms with van der Waals surface area (Å²) in [5, 5.41) is 4.11. The van der Waals surface area contributed by atoms with Gasteiger partial charge in [-0.15, -0.1) is 0 Å². The van der Waals surface area contributed by atoms with E-state index < -0.39 is 10.0 Å². The molecule has 0 spiro atoms. The zero-order chi connectivity index (χ0) is 18.6. The van der Waals surface area contributed by atoms with Crippen molar-refractivity contribution >= 4 is 21.6 Å². The first-order valence-corrected chi connectivity index (χ1v) is 10.1. The van der Waals surface area contributed by atoms with E-state index in [1.165, 1.54) is 0 Å². The van der Waals surface area contributed by atoms with E-state index >= 15 is 0 Å². The lowest BCUT2D eigenvalue weighted by molar-refractivity contribution is -0.121. The van der Waals surface area contributed by atoms with Crippen LogP contribution in [0.15, 0.2) is 47.6 Å². The quantitative estimate of drug-likeness (QED) is 0.765. The summed E-state index contributed by atoms with van der Waals surface area (Å²) in [6, 6.07) is 13.0. The van der Waals surface area contributed by atoms with Gasteiger partial charge in [0.1, 0.15) is 0 Å². The fourth-order valence-electron chi connectivity index (χ4n) is 2.93. The Kier molecular flexibility index (Phi) is 5.53. The lowest BCUT2D eigenvalue weighted by Crippen LogP contribution is -2.28. The van der Waals surface area contributed by atoms with Gasteiger partial charge in [0, 0.05) is 38.5 Å². The number of carbonyl (C=O) groups excluding carboxylic acids is 1. The van der Waals surface area contributed by atoms with Gasteiger partial charge >= 0.3 is 0 Å². The Labute approximate surface area is 153 Å². The number of hydrogen-bond acceptors (Lipinski definition) is 4. The van der Waals surface area contributed by atoms with Crippen molar-refractivity contribution < 1.29 is 13.2 Å². The van der Waals surface area contributed by atoms with Crippen LogP contribution in [0.2, 0.25) is 0 Å². The Morgan fingerprint density at radius 1 is 1.15 bits per heavy atom. The predicted molar refractivity (Wildman–Crippen MR) is 100 cm³/mol. The Hall–Kier alpha value is -2.45. The number of rotatable bonds is 7. The summed E-state index contributed by atoms with van der Waals surface area (Å²) in [4.78, 5) is 11.2. The number of nitrogens with one attached hydrogen (secondary N) is 2. The van der Waals surface area contributed by atoms with Crippen molar-refractivity contribution in [3.05, 3.63) is 59.4 Å². The molecule has 0 aliphatic carbocycles. The van der Waals surface area contributed by atoms with Crippen LogP contribution in [0, 0.1) is 0 Å². The molecule has 0 fully saturated rings. The molecule has 0 unspecified atom stereocenters. The zero-order valence-electron chi connectivity index (χ0n) is 14.6. The molecule has 0 bridgehead atoms. The fraction of sp³-hybridized carbons (Fsp3) is 0.333. The first kappa shape index (κ1) is 18.3. The second-order valence-electron chi connectivity index (χ2n) is 6.25. The van der Waals surface area contributed by atoms with Crippen LogP contribution in [0.5, 0.6) is 0 Å². The summed E-state index contributed by atoms with van der Waals surface area (Å²) in [5.74, 6) is -0.0982. The Balaban J connectivity index is 1.58. The number of sulfonamides is 1. The fourth-order valence-corrected chi connectivity index (χ4v) is 4.08. The molecule has 0 atom stereocenters. The molecule has 2 heterocycles. The molecule has 3 rings (SSSR count). The van der Waals surface area contributed by atoms with Gasteiger partial charge in [0.15, 0.2) is 0 Å². The summed E-state index contributed by atoms with van der Waals surface area (Å²) >= 11 is 0. The summed E-state index contributed by atoms with van der Waals surface area (Å²) in [6.45, 7) is 0.329. The molecule has 0 saturated heterocycles. The normalized spacial score (nSPS) is 14.8. The minimum absolute atomic E-state index is 0.0251. The Bertz CT molecular complexity index is 917. The number of amides is 1.